The number of tetrazole rings is 1. The third-order valence-corrected chi connectivity index (χ3v) is 3.79. The van der Waals surface area contributed by atoms with Gasteiger partial charge in [-0.15, -0.1) is 5.10 Å². The molecule has 10 nitrogen and oxygen atoms in total. The van der Waals surface area contributed by atoms with Crippen LogP contribution in [0.2, 0.25) is 0 Å². The molecule has 0 unspecified atom stereocenters. The molecule has 0 spiro atoms. The number of carbonyl (C=O) groups excluding carboxylic acids is 1. The van der Waals surface area contributed by atoms with Crippen LogP contribution in [0.5, 0.6) is 0 Å². The molecule has 0 saturated heterocycles. The third kappa shape index (κ3) is 7.02. The number of hydrogen-bond acceptors (Lipinski definition) is 8. The lowest BCUT2D eigenvalue weighted by molar-refractivity contribution is -0.122. The van der Waals surface area contributed by atoms with Crippen molar-refractivity contribution in [1.82, 2.24) is 25.5 Å². The molecular formula is C15H22BFN6O4. The van der Waals surface area contributed by atoms with Crippen LogP contribution >= 0.6 is 0 Å². The van der Waals surface area contributed by atoms with E-state index in [1.165, 1.54) is 10.7 Å². The van der Waals surface area contributed by atoms with E-state index in [2.05, 4.69) is 25.5 Å². The number of halogens is 1. The minimum absolute atomic E-state index is 0.0612. The molecule has 0 bridgehead atoms. The van der Waals surface area contributed by atoms with Crippen LogP contribution in [-0.4, -0.2) is 50.1 Å². The van der Waals surface area contributed by atoms with Crippen LogP contribution in [-0.2, 0) is 22.5 Å². The summed E-state index contributed by atoms with van der Waals surface area (Å²) in [5, 5.41) is 31.0. The fraction of sp³-hybridized carbons (Fsp3) is 0.467. The predicted molar refractivity (Wildman–Crippen MR) is 93.0 cm³/mol. The largest absolute Gasteiger partial charge is 0.633 e. The van der Waals surface area contributed by atoms with E-state index < -0.39 is 13.4 Å². The van der Waals surface area contributed by atoms with Crippen molar-refractivity contribution in [1.29, 1.82) is 0 Å². The van der Waals surface area contributed by atoms with Crippen LogP contribution in [0, 0.1) is 5.82 Å². The van der Waals surface area contributed by atoms with Crippen molar-refractivity contribution in [2.24, 2.45) is 5.73 Å². The minimum atomic E-state index is -1.78. The summed E-state index contributed by atoms with van der Waals surface area (Å²) < 4.78 is 19.5. The quantitative estimate of drug-likeness (QED) is 0.295. The summed E-state index contributed by atoms with van der Waals surface area (Å²) in [5.74, 6) is -0.399. The van der Waals surface area contributed by atoms with E-state index in [0.717, 1.165) is 0 Å². The summed E-state index contributed by atoms with van der Waals surface area (Å²) in [6.07, 6.45) is 1.76. The second-order valence-electron chi connectivity index (χ2n) is 5.86. The Morgan fingerprint density at radius 3 is 2.89 bits per heavy atom. The first-order chi connectivity index (χ1) is 13.0. The molecule has 0 aliphatic rings. The van der Waals surface area contributed by atoms with E-state index in [4.69, 9.17) is 15.8 Å². The van der Waals surface area contributed by atoms with Crippen molar-refractivity contribution in [2.45, 2.75) is 38.4 Å². The zero-order valence-corrected chi connectivity index (χ0v) is 14.7. The maximum absolute atomic E-state index is 13.6. The second kappa shape index (κ2) is 10.7. The molecule has 1 atom stereocenters. The molecule has 1 amide bonds. The summed E-state index contributed by atoms with van der Waals surface area (Å²) in [5.41, 5.74) is 6.44. The maximum Gasteiger partial charge on any atom is 0.633 e. The van der Waals surface area contributed by atoms with Gasteiger partial charge in [-0.05, 0) is 35.8 Å². The first-order valence-corrected chi connectivity index (χ1v) is 8.47. The summed E-state index contributed by atoms with van der Waals surface area (Å²) in [6.45, 7) is 0.115. The summed E-state index contributed by atoms with van der Waals surface area (Å²) in [4.78, 5) is 12.1. The highest BCUT2D eigenvalue weighted by Crippen LogP contribution is 2.13. The van der Waals surface area contributed by atoms with Gasteiger partial charge in [0.25, 0.3) is 0 Å². The zero-order chi connectivity index (χ0) is 19.6. The normalized spacial score (nSPS) is 12.0. The van der Waals surface area contributed by atoms with Crippen molar-refractivity contribution in [2.75, 3.05) is 6.61 Å². The SMILES string of the molecule is N[C@@H](CCCCOB(O)O)c1nnnn1CC(=O)NCc1ccccc1F. The van der Waals surface area contributed by atoms with Crippen molar-refractivity contribution in [3.05, 3.63) is 41.5 Å². The van der Waals surface area contributed by atoms with Gasteiger partial charge in [-0.1, -0.05) is 18.2 Å². The Balaban J connectivity index is 1.79. The molecule has 5 N–H and O–H groups in total. The van der Waals surface area contributed by atoms with Crippen molar-refractivity contribution < 1.29 is 23.9 Å². The molecular weight excluding hydrogens is 358 g/mol. The highest BCUT2D eigenvalue weighted by molar-refractivity contribution is 6.32. The average Bonchev–Trinajstić information content (AvgIpc) is 3.08. The number of aromatic nitrogens is 4. The van der Waals surface area contributed by atoms with Crippen molar-refractivity contribution >= 4 is 13.2 Å². The fourth-order valence-corrected chi connectivity index (χ4v) is 2.40. The van der Waals surface area contributed by atoms with Crippen molar-refractivity contribution in [3.63, 3.8) is 0 Å². The van der Waals surface area contributed by atoms with Crippen LogP contribution in [0.15, 0.2) is 24.3 Å². The van der Waals surface area contributed by atoms with Crippen LogP contribution in [0.3, 0.4) is 0 Å². The molecule has 0 aliphatic carbocycles. The molecule has 12 heteroatoms. The number of nitrogens with one attached hydrogen (secondary N) is 1. The lowest BCUT2D eigenvalue weighted by Gasteiger charge is -2.12. The molecule has 2 aromatic rings. The molecule has 2 rings (SSSR count). The smallest absolute Gasteiger partial charge is 0.402 e. The van der Waals surface area contributed by atoms with Gasteiger partial charge >= 0.3 is 7.32 Å². The standard InChI is InChI=1S/C15H22BFN6O4/c17-12-6-2-1-5-11(12)9-19-14(24)10-23-15(20-21-22-23)13(18)7-3-4-8-27-16(25)26/h1-2,5-6,13,25-26H,3-4,7-10,18H2,(H,19,24)/t13-/m0/s1. The molecule has 0 saturated carbocycles. The number of carbonyl (C=O) groups is 1. The van der Waals surface area contributed by atoms with Gasteiger partial charge in [-0.2, -0.15) is 0 Å². The molecule has 1 aromatic heterocycles. The van der Waals surface area contributed by atoms with Gasteiger partial charge in [0.2, 0.25) is 5.91 Å². The van der Waals surface area contributed by atoms with Crippen molar-refractivity contribution in [3.8, 4) is 0 Å². The molecule has 0 fully saturated rings. The van der Waals surface area contributed by atoms with Crippen LogP contribution in [0.4, 0.5) is 4.39 Å². The van der Waals surface area contributed by atoms with Gasteiger partial charge in [0.1, 0.15) is 12.4 Å². The fourth-order valence-electron chi connectivity index (χ4n) is 2.40. The summed E-state index contributed by atoms with van der Waals surface area (Å²) in [7, 11) is -1.78. The van der Waals surface area contributed by atoms with Gasteiger partial charge in [0.15, 0.2) is 5.82 Å². The van der Waals surface area contributed by atoms with E-state index >= 15 is 0 Å². The highest BCUT2D eigenvalue weighted by atomic mass is 19.1. The number of unbranched alkanes of at least 4 members (excludes halogenated alkanes) is 1. The molecule has 146 valence electrons. The van der Waals surface area contributed by atoms with Crippen LogP contribution in [0.1, 0.15) is 36.7 Å². The Hall–Kier alpha value is -2.41. The Morgan fingerprint density at radius 2 is 2.15 bits per heavy atom. The molecule has 0 radical (unpaired) electrons. The van der Waals surface area contributed by atoms with E-state index in [0.29, 0.717) is 30.7 Å². The van der Waals surface area contributed by atoms with Gasteiger partial charge in [-0.25, -0.2) is 9.07 Å². The number of benzene rings is 1. The monoisotopic (exact) mass is 380 g/mol. The molecule has 27 heavy (non-hydrogen) atoms. The van der Waals surface area contributed by atoms with Crippen LogP contribution in [0.25, 0.3) is 0 Å². The molecule has 1 heterocycles. The van der Waals surface area contributed by atoms with Gasteiger partial charge in [-0.3, -0.25) is 4.79 Å². The van der Waals surface area contributed by atoms with E-state index in [1.54, 1.807) is 18.2 Å². The first-order valence-electron chi connectivity index (χ1n) is 8.47. The number of nitrogens with two attached hydrogens (primary N) is 1. The molecule has 0 aliphatic heterocycles. The minimum Gasteiger partial charge on any atom is -0.402 e. The maximum atomic E-state index is 13.6. The van der Waals surface area contributed by atoms with E-state index in [-0.39, 0.29) is 31.4 Å². The lowest BCUT2D eigenvalue weighted by Crippen LogP contribution is -2.30. The van der Waals surface area contributed by atoms with Gasteiger partial charge in [0, 0.05) is 18.7 Å². The van der Waals surface area contributed by atoms with Gasteiger partial charge < -0.3 is 25.8 Å². The number of amides is 1. The number of rotatable bonds is 11. The van der Waals surface area contributed by atoms with Gasteiger partial charge in [0.05, 0.1) is 6.04 Å². The number of nitrogens with zero attached hydrogens (tertiary/aromatic N) is 4. The van der Waals surface area contributed by atoms with E-state index in [9.17, 15) is 9.18 Å². The second-order valence-corrected chi connectivity index (χ2v) is 5.86. The third-order valence-electron chi connectivity index (χ3n) is 3.79. The first kappa shape index (κ1) is 20.9. The summed E-state index contributed by atoms with van der Waals surface area (Å²) in [6, 6.07) is 5.70. The van der Waals surface area contributed by atoms with Crippen LogP contribution < -0.4 is 11.1 Å². The highest BCUT2D eigenvalue weighted by Gasteiger charge is 2.17. The Labute approximate surface area is 155 Å². The topological polar surface area (TPSA) is 148 Å². The Morgan fingerprint density at radius 1 is 1.37 bits per heavy atom. The molecule has 1 aromatic carbocycles. The summed E-state index contributed by atoms with van der Waals surface area (Å²) >= 11 is 0. The Bertz CT molecular complexity index is 732. The zero-order valence-electron chi connectivity index (χ0n) is 14.7. The van der Waals surface area contributed by atoms with E-state index in [1.807, 2.05) is 0 Å². The lowest BCUT2D eigenvalue weighted by atomic mass is 10.1. The average molecular weight is 380 g/mol. The predicted octanol–water partition coefficient (Wildman–Crippen LogP) is -0.715. The Kier molecular flexibility index (Phi) is 8.26. The number of hydrogen-bond donors (Lipinski definition) is 4.